The predicted octanol–water partition coefficient (Wildman–Crippen LogP) is 2.32. The van der Waals surface area contributed by atoms with Crippen LogP contribution in [0, 0.1) is 11.7 Å². The maximum Gasteiger partial charge on any atom is 0.308 e. The van der Waals surface area contributed by atoms with Crippen molar-refractivity contribution in [2.45, 2.75) is 5.25 Å². The lowest BCUT2D eigenvalue weighted by molar-refractivity contribution is -0.141. The summed E-state index contributed by atoms with van der Waals surface area (Å²) in [6, 6.07) is 4.60. The van der Waals surface area contributed by atoms with Crippen LogP contribution < -0.4 is 4.74 Å². The molecule has 1 aromatic carbocycles. The zero-order valence-electron chi connectivity index (χ0n) is 8.64. The van der Waals surface area contributed by atoms with E-state index in [1.807, 2.05) is 0 Å². The van der Waals surface area contributed by atoms with Gasteiger partial charge in [-0.2, -0.15) is 11.8 Å². The van der Waals surface area contributed by atoms with Crippen LogP contribution in [0.2, 0.25) is 0 Å². The fraction of sp³-hybridized carbons (Fsp3) is 0.364. The minimum Gasteiger partial charge on any atom is -0.494 e. The molecule has 1 aliphatic heterocycles. The van der Waals surface area contributed by atoms with E-state index in [9.17, 15) is 9.18 Å². The van der Waals surface area contributed by atoms with Gasteiger partial charge in [0.15, 0.2) is 11.6 Å². The molecular formula is C11H11FO3S. The molecular weight excluding hydrogens is 231 g/mol. The maximum atomic E-state index is 13.4. The van der Waals surface area contributed by atoms with E-state index < -0.39 is 17.7 Å². The monoisotopic (exact) mass is 242 g/mol. The summed E-state index contributed by atoms with van der Waals surface area (Å²) in [5, 5.41) is 8.76. The Labute approximate surface area is 96.6 Å². The topological polar surface area (TPSA) is 46.5 Å². The summed E-state index contributed by atoms with van der Waals surface area (Å²) < 4.78 is 18.2. The summed E-state index contributed by atoms with van der Waals surface area (Å²) in [4.78, 5) is 10.8. The van der Waals surface area contributed by atoms with Crippen molar-refractivity contribution in [3.05, 3.63) is 29.6 Å². The highest BCUT2D eigenvalue weighted by atomic mass is 32.2. The molecule has 86 valence electrons. The molecule has 3 nitrogen and oxygen atoms in total. The Balaban J connectivity index is 2.22. The minimum absolute atomic E-state index is 0.141. The SMILES string of the molecule is COc1ccc(C2SCC2C(=O)O)cc1F. The highest BCUT2D eigenvalue weighted by molar-refractivity contribution is 8.01. The molecule has 5 heteroatoms. The molecule has 1 aliphatic rings. The Morgan fingerprint density at radius 1 is 1.62 bits per heavy atom. The van der Waals surface area contributed by atoms with Gasteiger partial charge in [-0.1, -0.05) is 6.07 Å². The van der Waals surface area contributed by atoms with Crippen LogP contribution >= 0.6 is 11.8 Å². The fourth-order valence-corrected chi connectivity index (χ4v) is 2.85. The summed E-state index contributed by atoms with van der Waals surface area (Å²) in [7, 11) is 1.40. The van der Waals surface area contributed by atoms with Crippen LogP contribution in [-0.4, -0.2) is 23.9 Å². The third-order valence-electron chi connectivity index (χ3n) is 2.64. The molecule has 0 aromatic heterocycles. The van der Waals surface area contributed by atoms with Crippen molar-refractivity contribution in [1.29, 1.82) is 0 Å². The van der Waals surface area contributed by atoms with E-state index in [0.717, 1.165) is 0 Å². The normalized spacial score (nSPS) is 23.6. The smallest absolute Gasteiger partial charge is 0.308 e. The number of methoxy groups -OCH3 is 1. The Morgan fingerprint density at radius 3 is 2.81 bits per heavy atom. The molecule has 1 aromatic rings. The number of aliphatic carboxylic acids is 1. The first-order valence-corrected chi connectivity index (χ1v) is 5.86. The number of hydrogen-bond donors (Lipinski definition) is 1. The van der Waals surface area contributed by atoms with E-state index in [1.54, 1.807) is 6.07 Å². The molecule has 1 N–H and O–H groups in total. The first kappa shape index (κ1) is 11.3. The van der Waals surface area contributed by atoms with Crippen molar-refractivity contribution in [2.75, 3.05) is 12.9 Å². The van der Waals surface area contributed by atoms with Crippen molar-refractivity contribution < 1.29 is 19.0 Å². The highest BCUT2D eigenvalue weighted by Gasteiger charge is 2.38. The second kappa shape index (κ2) is 4.33. The summed E-state index contributed by atoms with van der Waals surface area (Å²) in [6.45, 7) is 0. The molecule has 16 heavy (non-hydrogen) atoms. The highest BCUT2D eigenvalue weighted by Crippen LogP contribution is 2.48. The Hall–Kier alpha value is -1.23. The standard InChI is InChI=1S/C11H11FO3S/c1-15-9-3-2-6(4-8(9)12)10-7(5-16-10)11(13)14/h2-4,7,10H,5H2,1H3,(H,13,14). The molecule has 0 radical (unpaired) electrons. The van der Waals surface area contributed by atoms with E-state index >= 15 is 0 Å². The van der Waals surface area contributed by atoms with E-state index in [4.69, 9.17) is 9.84 Å². The molecule has 2 atom stereocenters. The molecule has 0 aliphatic carbocycles. The average Bonchev–Trinajstić information content (AvgIpc) is 2.15. The Morgan fingerprint density at radius 2 is 2.38 bits per heavy atom. The van der Waals surface area contributed by atoms with Crippen LogP contribution in [0.4, 0.5) is 4.39 Å². The van der Waals surface area contributed by atoms with E-state index in [-0.39, 0.29) is 11.0 Å². The molecule has 1 heterocycles. The van der Waals surface area contributed by atoms with Crippen LogP contribution in [0.1, 0.15) is 10.8 Å². The van der Waals surface area contributed by atoms with Gasteiger partial charge in [0.25, 0.3) is 0 Å². The van der Waals surface area contributed by atoms with Gasteiger partial charge in [-0.25, -0.2) is 4.39 Å². The Bertz CT molecular complexity index is 422. The lowest BCUT2D eigenvalue weighted by Crippen LogP contribution is -2.31. The molecule has 0 saturated carbocycles. The van der Waals surface area contributed by atoms with Crippen LogP contribution in [-0.2, 0) is 4.79 Å². The molecule has 0 amide bonds. The van der Waals surface area contributed by atoms with Gasteiger partial charge in [0.05, 0.1) is 13.0 Å². The van der Waals surface area contributed by atoms with Gasteiger partial charge in [0.2, 0.25) is 0 Å². The van der Waals surface area contributed by atoms with E-state index in [1.165, 1.54) is 31.0 Å². The van der Waals surface area contributed by atoms with Crippen LogP contribution in [0.15, 0.2) is 18.2 Å². The number of thioether (sulfide) groups is 1. The lowest BCUT2D eigenvalue weighted by atomic mass is 9.99. The minimum atomic E-state index is -0.819. The van der Waals surface area contributed by atoms with Crippen molar-refractivity contribution in [2.24, 2.45) is 5.92 Å². The summed E-state index contributed by atoms with van der Waals surface area (Å²) in [5.41, 5.74) is 0.710. The third-order valence-corrected chi connectivity index (χ3v) is 4.15. The molecule has 1 saturated heterocycles. The van der Waals surface area contributed by atoms with Gasteiger partial charge in [0, 0.05) is 11.0 Å². The molecule has 0 bridgehead atoms. The second-order valence-corrected chi connectivity index (χ2v) is 4.77. The molecule has 0 spiro atoms. The summed E-state index contributed by atoms with van der Waals surface area (Å²) in [6.07, 6.45) is 0. The summed E-state index contributed by atoms with van der Waals surface area (Å²) >= 11 is 1.53. The van der Waals surface area contributed by atoms with Gasteiger partial charge in [0.1, 0.15) is 0 Å². The zero-order chi connectivity index (χ0) is 11.7. The number of carboxylic acids is 1. The number of ether oxygens (including phenoxy) is 1. The second-order valence-electron chi connectivity index (χ2n) is 3.59. The van der Waals surface area contributed by atoms with Gasteiger partial charge in [-0.05, 0) is 17.7 Å². The maximum absolute atomic E-state index is 13.4. The number of hydrogen-bond acceptors (Lipinski definition) is 3. The molecule has 2 rings (SSSR count). The molecule has 1 fully saturated rings. The van der Waals surface area contributed by atoms with E-state index in [0.29, 0.717) is 11.3 Å². The number of rotatable bonds is 3. The van der Waals surface area contributed by atoms with E-state index in [2.05, 4.69) is 0 Å². The van der Waals surface area contributed by atoms with Crippen LogP contribution in [0.5, 0.6) is 5.75 Å². The largest absolute Gasteiger partial charge is 0.494 e. The van der Waals surface area contributed by atoms with Gasteiger partial charge >= 0.3 is 5.97 Å². The fourth-order valence-electron chi connectivity index (χ4n) is 1.68. The summed E-state index contributed by atoms with van der Waals surface area (Å²) in [5.74, 6) is -0.900. The number of carbonyl (C=O) groups is 1. The average molecular weight is 242 g/mol. The lowest BCUT2D eigenvalue weighted by Gasteiger charge is -2.33. The number of halogens is 1. The quantitative estimate of drug-likeness (QED) is 0.883. The molecule has 2 unspecified atom stereocenters. The van der Waals surface area contributed by atoms with Gasteiger partial charge < -0.3 is 9.84 Å². The Kier molecular flexibility index (Phi) is 3.05. The van der Waals surface area contributed by atoms with Gasteiger partial charge in [-0.15, -0.1) is 0 Å². The van der Waals surface area contributed by atoms with Crippen molar-refractivity contribution in [1.82, 2.24) is 0 Å². The van der Waals surface area contributed by atoms with Gasteiger partial charge in [-0.3, -0.25) is 4.79 Å². The zero-order valence-corrected chi connectivity index (χ0v) is 9.46. The number of carboxylic acid groups (broad SMARTS) is 1. The third kappa shape index (κ3) is 1.87. The number of benzene rings is 1. The first-order chi connectivity index (χ1) is 7.63. The van der Waals surface area contributed by atoms with Crippen LogP contribution in [0.3, 0.4) is 0 Å². The first-order valence-electron chi connectivity index (χ1n) is 4.81. The van der Waals surface area contributed by atoms with Crippen LogP contribution in [0.25, 0.3) is 0 Å². The van der Waals surface area contributed by atoms with Crippen molar-refractivity contribution in [3.8, 4) is 5.75 Å². The van der Waals surface area contributed by atoms with Crippen molar-refractivity contribution >= 4 is 17.7 Å². The van der Waals surface area contributed by atoms with Crippen molar-refractivity contribution in [3.63, 3.8) is 0 Å². The predicted molar refractivity (Wildman–Crippen MR) is 59.3 cm³/mol.